The van der Waals surface area contributed by atoms with Crippen LogP contribution in [0.2, 0.25) is 0 Å². The van der Waals surface area contributed by atoms with Crippen molar-refractivity contribution >= 4 is 10.1 Å². The Bertz CT molecular complexity index is 1130. The first-order chi connectivity index (χ1) is 15.9. The number of benzene rings is 2. The average molecular weight is 473 g/mol. The molecule has 1 fully saturated rings. The minimum atomic E-state index is -3.88. The van der Waals surface area contributed by atoms with E-state index in [1.807, 2.05) is 42.0 Å². The molecule has 1 aromatic heterocycles. The lowest BCUT2D eigenvalue weighted by Gasteiger charge is -2.28. The molecule has 0 N–H and O–H groups in total. The van der Waals surface area contributed by atoms with Crippen LogP contribution >= 0.6 is 0 Å². The monoisotopic (exact) mass is 472 g/mol. The molecule has 33 heavy (non-hydrogen) atoms. The lowest BCUT2D eigenvalue weighted by molar-refractivity contribution is -0.184. The summed E-state index contributed by atoms with van der Waals surface area (Å²) in [6, 6.07) is 14.4. The van der Waals surface area contributed by atoms with Crippen molar-refractivity contribution in [3.05, 3.63) is 78.4 Å². The van der Waals surface area contributed by atoms with E-state index in [-0.39, 0.29) is 18.1 Å². The SMILES string of the molecule is COc1ccc(CC[C@]2(Cn3ccnc3)OC[C@H](COS(=O)(=O)c3ccc(C)cc3)O2)cc1. The third-order valence-corrected chi connectivity index (χ3v) is 6.86. The highest BCUT2D eigenvalue weighted by atomic mass is 32.2. The Labute approximate surface area is 194 Å². The molecule has 2 aromatic carbocycles. The van der Waals surface area contributed by atoms with Crippen LogP contribution in [0.5, 0.6) is 5.75 Å². The highest BCUT2D eigenvalue weighted by Gasteiger charge is 2.42. The normalized spacial score (nSPS) is 20.7. The van der Waals surface area contributed by atoms with Crippen molar-refractivity contribution in [2.75, 3.05) is 20.3 Å². The highest BCUT2D eigenvalue weighted by molar-refractivity contribution is 7.86. The number of rotatable bonds is 10. The zero-order valence-electron chi connectivity index (χ0n) is 18.7. The van der Waals surface area contributed by atoms with E-state index in [1.54, 1.807) is 31.8 Å². The molecule has 8 nitrogen and oxygen atoms in total. The van der Waals surface area contributed by atoms with Crippen molar-refractivity contribution in [1.29, 1.82) is 0 Å². The van der Waals surface area contributed by atoms with Crippen LogP contribution in [0.3, 0.4) is 0 Å². The number of aromatic nitrogens is 2. The summed E-state index contributed by atoms with van der Waals surface area (Å²) in [5, 5.41) is 0. The molecular weight excluding hydrogens is 444 g/mol. The number of hydrogen-bond donors (Lipinski definition) is 0. The van der Waals surface area contributed by atoms with E-state index in [0.717, 1.165) is 16.9 Å². The minimum Gasteiger partial charge on any atom is -0.497 e. The average Bonchev–Trinajstić information content (AvgIpc) is 3.48. The first-order valence-corrected chi connectivity index (χ1v) is 12.1. The molecule has 9 heteroatoms. The summed E-state index contributed by atoms with van der Waals surface area (Å²) in [4.78, 5) is 4.22. The third-order valence-electron chi connectivity index (χ3n) is 5.57. The smallest absolute Gasteiger partial charge is 0.297 e. The molecule has 0 unspecified atom stereocenters. The number of nitrogens with zero attached hydrogens (tertiary/aromatic N) is 2. The van der Waals surface area contributed by atoms with Gasteiger partial charge in [0.15, 0.2) is 5.79 Å². The van der Waals surface area contributed by atoms with Crippen LogP contribution in [0, 0.1) is 6.92 Å². The Morgan fingerprint density at radius 3 is 2.58 bits per heavy atom. The van der Waals surface area contributed by atoms with Gasteiger partial charge in [-0.15, -0.1) is 0 Å². The predicted molar refractivity (Wildman–Crippen MR) is 121 cm³/mol. The lowest BCUT2D eigenvalue weighted by atomic mass is 10.0. The Morgan fingerprint density at radius 1 is 1.15 bits per heavy atom. The van der Waals surface area contributed by atoms with Crippen molar-refractivity contribution in [3.8, 4) is 5.75 Å². The summed E-state index contributed by atoms with van der Waals surface area (Å²) in [5.41, 5.74) is 2.09. The second-order valence-electron chi connectivity index (χ2n) is 8.10. The van der Waals surface area contributed by atoms with Gasteiger partial charge in [0.05, 0.1) is 38.1 Å². The van der Waals surface area contributed by atoms with E-state index in [0.29, 0.717) is 19.4 Å². The molecule has 176 valence electrons. The minimum absolute atomic E-state index is 0.121. The molecule has 0 amide bonds. The maximum absolute atomic E-state index is 12.5. The molecular formula is C24H28N2O6S. The molecule has 3 aromatic rings. The van der Waals surface area contributed by atoms with Crippen molar-refractivity contribution < 1.29 is 26.8 Å². The summed E-state index contributed by atoms with van der Waals surface area (Å²) in [5.74, 6) is -0.116. The van der Waals surface area contributed by atoms with Gasteiger partial charge in [-0.05, 0) is 43.2 Å². The quantitative estimate of drug-likeness (QED) is 0.418. The maximum Gasteiger partial charge on any atom is 0.297 e. The molecule has 2 atom stereocenters. The molecule has 2 heterocycles. The summed E-state index contributed by atoms with van der Waals surface area (Å²) in [7, 11) is -2.24. The fourth-order valence-corrected chi connectivity index (χ4v) is 4.65. The molecule has 1 aliphatic rings. The molecule has 4 rings (SSSR count). The molecule has 0 spiro atoms. The summed E-state index contributed by atoms with van der Waals surface area (Å²) in [6.07, 6.45) is 6.03. The second kappa shape index (κ2) is 10.0. The zero-order chi connectivity index (χ0) is 23.3. The van der Waals surface area contributed by atoms with E-state index in [9.17, 15) is 8.42 Å². The molecule has 1 aliphatic heterocycles. The predicted octanol–water partition coefficient (Wildman–Crippen LogP) is 3.35. The largest absolute Gasteiger partial charge is 0.497 e. The molecule has 1 saturated heterocycles. The standard InChI is InChI=1S/C24H28N2O6S/c1-19-3-9-23(10-4-19)33(27,28)31-16-22-15-30-24(32-22,17-26-14-13-25-18-26)12-11-20-5-7-21(29-2)8-6-20/h3-10,13-14,18,22H,11-12,15-17H2,1-2H3/t22-,24+/m1/s1. The van der Waals surface area contributed by atoms with E-state index in [4.69, 9.17) is 18.4 Å². The van der Waals surface area contributed by atoms with Gasteiger partial charge in [-0.25, -0.2) is 4.98 Å². The first-order valence-electron chi connectivity index (χ1n) is 10.7. The van der Waals surface area contributed by atoms with Crippen LogP contribution in [0.1, 0.15) is 17.5 Å². The Kier molecular flexibility index (Phi) is 7.14. The van der Waals surface area contributed by atoms with E-state index < -0.39 is 22.0 Å². The fraction of sp³-hybridized carbons (Fsp3) is 0.375. The Morgan fingerprint density at radius 2 is 1.91 bits per heavy atom. The summed E-state index contributed by atoms with van der Waals surface area (Å²) >= 11 is 0. The van der Waals surface area contributed by atoms with Crippen molar-refractivity contribution in [2.24, 2.45) is 0 Å². The van der Waals surface area contributed by atoms with Gasteiger partial charge in [-0.1, -0.05) is 29.8 Å². The van der Waals surface area contributed by atoms with E-state index >= 15 is 0 Å². The third kappa shape index (κ3) is 6.00. The van der Waals surface area contributed by atoms with Crippen LogP contribution in [0.15, 0.2) is 72.1 Å². The van der Waals surface area contributed by atoms with Crippen LogP contribution in [-0.2, 0) is 36.7 Å². The number of aryl methyl sites for hydroxylation is 2. The topological polar surface area (TPSA) is 88.9 Å². The van der Waals surface area contributed by atoms with Crippen molar-refractivity contribution in [3.63, 3.8) is 0 Å². The second-order valence-corrected chi connectivity index (χ2v) is 9.71. The van der Waals surface area contributed by atoms with Gasteiger partial charge in [0, 0.05) is 18.8 Å². The first kappa shape index (κ1) is 23.4. The van der Waals surface area contributed by atoms with Gasteiger partial charge in [-0.3, -0.25) is 4.18 Å². The van der Waals surface area contributed by atoms with Crippen molar-refractivity contribution in [2.45, 2.75) is 43.1 Å². The zero-order valence-corrected chi connectivity index (χ0v) is 19.5. The summed E-state index contributed by atoms with van der Waals surface area (Å²) in [6.45, 7) is 2.45. The van der Waals surface area contributed by atoms with Gasteiger partial charge < -0.3 is 18.8 Å². The van der Waals surface area contributed by atoms with Gasteiger partial charge >= 0.3 is 0 Å². The Hall–Kier alpha value is -2.72. The Balaban J connectivity index is 1.41. The number of ether oxygens (including phenoxy) is 3. The van der Waals surface area contributed by atoms with Crippen LogP contribution in [0.25, 0.3) is 0 Å². The fourth-order valence-electron chi connectivity index (χ4n) is 3.72. The number of imidazole rings is 1. The maximum atomic E-state index is 12.5. The number of hydrogen-bond acceptors (Lipinski definition) is 7. The van der Waals surface area contributed by atoms with Crippen LogP contribution in [-0.4, -0.2) is 50.2 Å². The van der Waals surface area contributed by atoms with Gasteiger partial charge in [0.1, 0.15) is 11.9 Å². The highest BCUT2D eigenvalue weighted by Crippen LogP contribution is 2.31. The van der Waals surface area contributed by atoms with E-state index in [1.165, 1.54) is 12.1 Å². The molecule has 0 bridgehead atoms. The van der Waals surface area contributed by atoms with Gasteiger partial charge in [0.2, 0.25) is 0 Å². The molecule has 0 aliphatic carbocycles. The van der Waals surface area contributed by atoms with Crippen LogP contribution in [0.4, 0.5) is 0 Å². The van der Waals surface area contributed by atoms with Crippen molar-refractivity contribution in [1.82, 2.24) is 9.55 Å². The van der Waals surface area contributed by atoms with Crippen LogP contribution < -0.4 is 4.74 Å². The molecule has 0 radical (unpaired) electrons. The lowest BCUT2D eigenvalue weighted by Crippen LogP contribution is -2.37. The molecule has 0 saturated carbocycles. The summed E-state index contributed by atoms with van der Waals surface area (Å²) < 4.78 is 49.8. The van der Waals surface area contributed by atoms with E-state index in [2.05, 4.69) is 4.98 Å². The van der Waals surface area contributed by atoms with Gasteiger partial charge in [-0.2, -0.15) is 8.42 Å². The number of methoxy groups -OCH3 is 1. The van der Waals surface area contributed by atoms with Gasteiger partial charge in [0.25, 0.3) is 10.1 Å².